The molecule has 3 aromatic carbocycles. The van der Waals surface area contributed by atoms with E-state index in [1.807, 2.05) is 48.9 Å². The molecular formula is C28H29FN2O2. The lowest BCUT2D eigenvalue weighted by atomic mass is 9.97. The van der Waals surface area contributed by atoms with Crippen molar-refractivity contribution in [3.05, 3.63) is 89.4 Å². The van der Waals surface area contributed by atoms with E-state index >= 15 is 0 Å². The lowest BCUT2D eigenvalue weighted by molar-refractivity contribution is 0.157. The molecular weight excluding hydrogens is 415 g/mol. The van der Waals surface area contributed by atoms with Gasteiger partial charge in [0.15, 0.2) is 0 Å². The molecule has 33 heavy (non-hydrogen) atoms. The Morgan fingerprint density at radius 2 is 1.67 bits per heavy atom. The van der Waals surface area contributed by atoms with Crippen LogP contribution in [0, 0.1) is 19.7 Å². The normalized spacial score (nSPS) is 11.1. The zero-order valence-electron chi connectivity index (χ0n) is 19.6. The number of hydrogen-bond donors (Lipinski definition) is 0. The molecule has 0 atom stereocenters. The summed E-state index contributed by atoms with van der Waals surface area (Å²) in [7, 11) is 0. The van der Waals surface area contributed by atoms with Crippen LogP contribution in [0.5, 0.6) is 5.75 Å². The summed E-state index contributed by atoms with van der Waals surface area (Å²) in [6.07, 6.45) is 1.59. The Hall–Kier alpha value is -3.60. The first-order chi connectivity index (χ1) is 15.9. The van der Waals surface area contributed by atoms with E-state index in [0.717, 1.165) is 33.2 Å². The van der Waals surface area contributed by atoms with Gasteiger partial charge in [-0.05, 0) is 57.5 Å². The maximum absolute atomic E-state index is 14.3. The van der Waals surface area contributed by atoms with Crippen LogP contribution in [-0.4, -0.2) is 28.6 Å². The highest BCUT2D eigenvalue weighted by Gasteiger charge is 2.19. The van der Waals surface area contributed by atoms with E-state index in [1.165, 1.54) is 6.07 Å². The number of fused-ring (bicyclic) bond motifs is 1. The molecule has 0 radical (unpaired) electrons. The van der Waals surface area contributed by atoms with Crippen LogP contribution in [0.15, 0.2) is 66.9 Å². The summed E-state index contributed by atoms with van der Waals surface area (Å²) in [6, 6.07) is 18.9. The molecule has 0 bridgehead atoms. The molecule has 0 saturated heterocycles. The van der Waals surface area contributed by atoms with E-state index in [4.69, 9.17) is 4.74 Å². The van der Waals surface area contributed by atoms with Crippen molar-refractivity contribution in [3.8, 4) is 16.9 Å². The van der Waals surface area contributed by atoms with Gasteiger partial charge in [-0.15, -0.1) is 0 Å². The topological polar surface area (TPSA) is 34.5 Å². The highest BCUT2D eigenvalue weighted by atomic mass is 19.1. The Balaban J connectivity index is 1.86. The first kappa shape index (κ1) is 22.6. The standard InChI is InChI=1S/C28H29FN2O2/c1-5-30(6-2)28(32)33-26-12-11-25-23(27(26)22-16-19(3)15-20(4)17-22)13-14-31(25)18-21-9-7-8-10-24(21)29/h7-17H,5-6,18H2,1-4H3. The van der Waals surface area contributed by atoms with Crippen LogP contribution in [0.1, 0.15) is 30.5 Å². The second kappa shape index (κ2) is 9.49. The van der Waals surface area contributed by atoms with Crippen molar-refractivity contribution >= 4 is 17.0 Å². The average Bonchev–Trinajstić information content (AvgIpc) is 3.18. The number of carbonyl (C=O) groups is 1. The summed E-state index contributed by atoms with van der Waals surface area (Å²) in [5.41, 5.74) is 5.70. The number of nitrogens with zero attached hydrogens (tertiary/aromatic N) is 2. The Morgan fingerprint density at radius 1 is 0.970 bits per heavy atom. The predicted octanol–water partition coefficient (Wildman–Crippen LogP) is 6.95. The largest absolute Gasteiger partial charge is 0.415 e. The quantitative estimate of drug-likeness (QED) is 0.322. The van der Waals surface area contributed by atoms with Gasteiger partial charge in [-0.2, -0.15) is 0 Å². The molecule has 4 aromatic rings. The Kier molecular flexibility index (Phi) is 6.50. The first-order valence-corrected chi connectivity index (χ1v) is 11.3. The van der Waals surface area contributed by atoms with Crippen molar-refractivity contribution in [1.82, 2.24) is 9.47 Å². The molecule has 0 aliphatic carbocycles. The summed E-state index contributed by atoms with van der Waals surface area (Å²) in [4.78, 5) is 14.4. The average molecular weight is 445 g/mol. The van der Waals surface area contributed by atoms with Crippen LogP contribution in [-0.2, 0) is 6.54 Å². The van der Waals surface area contributed by atoms with Gasteiger partial charge in [-0.3, -0.25) is 0 Å². The van der Waals surface area contributed by atoms with Crippen molar-refractivity contribution in [1.29, 1.82) is 0 Å². The number of halogens is 1. The highest BCUT2D eigenvalue weighted by molar-refractivity contribution is 6.00. The van der Waals surface area contributed by atoms with E-state index in [1.54, 1.807) is 17.0 Å². The van der Waals surface area contributed by atoms with Gasteiger partial charge in [0.05, 0.1) is 6.54 Å². The van der Waals surface area contributed by atoms with Gasteiger partial charge in [0.1, 0.15) is 11.6 Å². The smallest absolute Gasteiger partial charge is 0.410 e. The molecule has 4 rings (SSSR count). The number of benzene rings is 3. The number of carbonyl (C=O) groups excluding carboxylic acids is 1. The zero-order chi connectivity index (χ0) is 23.5. The Morgan fingerprint density at radius 3 is 2.33 bits per heavy atom. The molecule has 170 valence electrons. The van der Waals surface area contributed by atoms with Crippen molar-refractivity contribution < 1.29 is 13.9 Å². The molecule has 5 heteroatoms. The van der Waals surface area contributed by atoms with Gasteiger partial charge in [0.25, 0.3) is 0 Å². The van der Waals surface area contributed by atoms with Crippen LogP contribution in [0.2, 0.25) is 0 Å². The van der Waals surface area contributed by atoms with Crippen molar-refractivity contribution in [3.63, 3.8) is 0 Å². The van der Waals surface area contributed by atoms with Gasteiger partial charge in [0, 0.05) is 41.3 Å². The number of ether oxygens (including phenoxy) is 1. The van der Waals surface area contributed by atoms with E-state index in [2.05, 4.69) is 32.0 Å². The zero-order valence-corrected chi connectivity index (χ0v) is 19.6. The molecule has 1 heterocycles. The summed E-state index contributed by atoms with van der Waals surface area (Å²) in [6.45, 7) is 9.55. The van der Waals surface area contributed by atoms with Crippen LogP contribution in [0.25, 0.3) is 22.0 Å². The molecule has 0 aliphatic rings. The number of aryl methyl sites for hydroxylation is 2. The highest BCUT2D eigenvalue weighted by Crippen LogP contribution is 2.39. The monoisotopic (exact) mass is 444 g/mol. The number of amides is 1. The second-order valence-electron chi connectivity index (χ2n) is 8.32. The van der Waals surface area contributed by atoms with Crippen LogP contribution in [0.4, 0.5) is 9.18 Å². The predicted molar refractivity (Wildman–Crippen MR) is 131 cm³/mol. The summed E-state index contributed by atoms with van der Waals surface area (Å²) in [5.74, 6) is 0.298. The van der Waals surface area contributed by atoms with E-state index < -0.39 is 0 Å². The van der Waals surface area contributed by atoms with Crippen LogP contribution in [0.3, 0.4) is 0 Å². The molecule has 0 unspecified atom stereocenters. The van der Waals surface area contributed by atoms with Gasteiger partial charge in [0.2, 0.25) is 0 Å². The molecule has 0 N–H and O–H groups in total. The SMILES string of the molecule is CCN(CC)C(=O)Oc1ccc2c(ccn2Cc2ccccc2F)c1-c1cc(C)cc(C)c1. The van der Waals surface area contributed by atoms with Gasteiger partial charge in [-0.1, -0.05) is 47.5 Å². The maximum Gasteiger partial charge on any atom is 0.415 e. The molecule has 1 amide bonds. The molecule has 0 fully saturated rings. The number of aromatic nitrogens is 1. The van der Waals surface area contributed by atoms with Gasteiger partial charge >= 0.3 is 6.09 Å². The molecule has 0 spiro atoms. The number of hydrogen-bond acceptors (Lipinski definition) is 2. The second-order valence-corrected chi connectivity index (χ2v) is 8.32. The molecule has 0 aliphatic heterocycles. The van der Waals surface area contributed by atoms with Crippen molar-refractivity contribution in [2.24, 2.45) is 0 Å². The maximum atomic E-state index is 14.3. The van der Waals surface area contributed by atoms with Crippen molar-refractivity contribution in [2.75, 3.05) is 13.1 Å². The summed E-state index contributed by atoms with van der Waals surface area (Å²) < 4.78 is 22.2. The van der Waals surface area contributed by atoms with E-state index in [-0.39, 0.29) is 11.9 Å². The first-order valence-electron chi connectivity index (χ1n) is 11.3. The lowest BCUT2D eigenvalue weighted by Gasteiger charge is -2.20. The van der Waals surface area contributed by atoms with Crippen LogP contribution >= 0.6 is 0 Å². The summed E-state index contributed by atoms with van der Waals surface area (Å²) >= 11 is 0. The fourth-order valence-electron chi connectivity index (χ4n) is 4.34. The minimum atomic E-state index is -0.365. The van der Waals surface area contributed by atoms with E-state index in [9.17, 15) is 9.18 Å². The molecule has 4 nitrogen and oxygen atoms in total. The summed E-state index contributed by atoms with van der Waals surface area (Å²) in [5, 5.41) is 0.959. The third kappa shape index (κ3) is 4.63. The third-order valence-corrected chi connectivity index (χ3v) is 5.94. The lowest BCUT2D eigenvalue weighted by Crippen LogP contribution is -2.33. The Labute approximate surface area is 194 Å². The Bertz CT molecular complexity index is 1280. The fourth-order valence-corrected chi connectivity index (χ4v) is 4.34. The minimum absolute atomic E-state index is 0.223. The van der Waals surface area contributed by atoms with Gasteiger partial charge < -0.3 is 14.2 Å². The fraction of sp³-hybridized carbons (Fsp3) is 0.250. The van der Waals surface area contributed by atoms with Crippen molar-refractivity contribution in [2.45, 2.75) is 34.2 Å². The van der Waals surface area contributed by atoms with Gasteiger partial charge in [-0.25, -0.2) is 9.18 Å². The third-order valence-electron chi connectivity index (χ3n) is 5.94. The minimum Gasteiger partial charge on any atom is -0.410 e. The molecule has 0 saturated carbocycles. The molecule has 1 aromatic heterocycles. The van der Waals surface area contributed by atoms with Crippen LogP contribution < -0.4 is 4.74 Å². The van der Waals surface area contributed by atoms with E-state index in [0.29, 0.717) is 30.9 Å². The number of rotatable bonds is 6.